The number of carbonyl (C=O) groups is 2. The van der Waals surface area contributed by atoms with E-state index in [-0.39, 0.29) is 11.1 Å². The van der Waals surface area contributed by atoms with Gasteiger partial charge in [0.2, 0.25) is 0 Å². The largest absolute Gasteiger partial charge is 0.619 e. The van der Waals surface area contributed by atoms with Gasteiger partial charge in [-0.25, -0.2) is 9.59 Å². The standard InChI is InChI=1S/C17H21N3O5/c1-10-13(16(21)22)14(11-5-4-7-20(25)9-11)15(17(23)24)12(18-10)6-8-19(2)3/h4-5,7,9,14,18H,6,8H2,1-3H3,(H,21,22)(H,23,24). The molecule has 2 rings (SSSR count). The lowest BCUT2D eigenvalue weighted by atomic mass is 9.80. The summed E-state index contributed by atoms with van der Waals surface area (Å²) in [5.74, 6) is -3.45. The van der Waals surface area contributed by atoms with Crippen LogP contribution in [-0.2, 0) is 9.59 Å². The summed E-state index contributed by atoms with van der Waals surface area (Å²) < 4.78 is 0.533. The van der Waals surface area contributed by atoms with Gasteiger partial charge in [0.25, 0.3) is 0 Å². The number of nitrogens with zero attached hydrogens (tertiary/aromatic N) is 2. The van der Waals surface area contributed by atoms with Crippen LogP contribution in [0.1, 0.15) is 24.8 Å². The molecule has 8 nitrogen and oxygen atoms in total. The Morgan fingerprint density at radius 1 is 1.28 bits per heavy atom. The van der Waals surface area contributed by atoms with Crippen molar-refractivity contribution in [1.82, 2.24) is 10.2 Å². The summed E-state index contributed by atoms with van der Waals surface area (Å²) in [6.07, 6.45) is 2.89. The molecule has 0 fully saturated rings. The van der Waals surface area contributed by atoms with Gasteiger partial charge in [-0.1, -0.05) is 0 Å². The lowest BCUT2D eigenvalue weighted by Gasteiger charge is -2.30. The van der Waals surface area contributed by atoms with Crippen LogP contribution in [0, 0.1) is 5.21 Å². The number of pyridine rings is 1. The molecule has 0 spiro atoms. The van der Waals surface area contributed by atoms with E-state index in [0.717, 1.165) is 0 Å². The molecule has 1 aliphatic heterocycles. The van der Waals surface area contributed by atoms with Crippen molar-refractivity contribution in [3.63, 3.8) is 0 Å². The van der Waals surface area contributed by atoms with Crippen LogP contribution in [0.15, 0.2) is 47.1 Å². The molecule has 0 saturated carbocycles. The van der Waals surface area contributed by atoms with E-state index in [1.54, 1.807) is 13.0 Å². The molecule has 0 amide bonds. The van der Waals surface area contributed by atoms with E-state index < -0.39 is 17.9 Å². The van der Waals surface area contributed by atoms with E-state index in [1.807, 2.05) is 19.0 Å². The van der Waals surface area contributed by atoms with Crippen LogP contribution in [0.5, 0.6) is 0 Å². The fourth-order valence-corrected chi connectivity index (χ4v) is 2.94. The highest BCUT2D eigenvalue weighted by atomic mass is 16.5. The second kappa shape index (κ2) is 7.35. The zero-order chi connectivity index (χ0) is 18.7. The number of aromatic nitrogens is 1. The minimum Gasteiger partial charge on any atom is -0.619 e. The van der Waals surface area contributed by atoms with Gasteiger partial charge in [0.15, 0.2) is 12.4 Å². The second-order valence-electron chi connectivity index (χ2n) is 6.15. The lowest BCUT2D eigenvalue weighted by Crippen LogP contribution is -2.34. The average molecular weight is 347 g/mol. The molecule has 8 heteroatoms. The highest BCUT2D eigenvalue weighted by Gasteiger charge is 2.38. The zero-order valence-electron chi connectivity index (χ0n) is 14.3. The molecule has 0 aromatic carbocycles. The molecule has 1 aliphatic rings. The summed E-state index contributed by atoms with van der Waals surface area (Å²) in [4.78, 5) is 25.6. The van der Waals surface area contributed by atoms with Crippen LogP contribution in [0.25, 0.3) is 0 Å². The maximum Gasteiger partial charge on any atom is 0.334 e. The molecular weight excluding hydrogens is 326 g/mol. The minimum atomic E-state index is -1.22. The monoisotopic (exact) mass is 347 g/mol. The third-order valence-corrected chi connectivity index (χ3v) is 4.05. The van der Waals surface area contributed by atoms with Crippen molar-refractivity contribution in [3.8, 4) is 0 Å². The van der Waals surface area contributed by atoms with Gasteiger partial charge in [0.05, 0.1) is 17.1 Å². The first-order valence-corrected chi connectivity index (χ1v) is 7.73. The second-order valence-corrected chi connectivity index (χ2v) is 6.15. The van der Waals surface area contributed by atoms with E-state index >= 15 is 0 Å². The van der Waals surface area contributed by atoms with Gasteiger partial charge in [-0.2, -0.15) is 4.73 Å². The first kappa shape index (κ1) is 18.5. The lowest BCUT2D eigenvalue weighted by molar-refractivity contribution is -0.605. The average Bonchev–Trinajstić information content (AvgIpc) is 2.51. The molecule has 0 bridgehead atoms. The van der Waals surface area contributed by atoms with Crippen LogP contribution in [0.4, 0.5) is 0 Å². The Kier molecular flexibility index (Phi) is 5.43. The van der Waals surface area contributed by atoms with Crippen LogP contribution in [-0.4, -0.2) is 47.7 Å². The Labute approximate surface area is 145 Å². The minimum absolute atomic E-state index is 0.0453. The number of allylic oxidation sites excluding steroid dienone is 1. The summed E-state index contributed by atoms with van der Waals surface area (Å²) in [7, 11) is 3.73. The van der Waals surface area contributed by atoms with Crippen molar-refractivity contribution in [2.45, 2.75) is 19.3 Å². The van der Waals surface area contributed by atoms with Crippen LogP contribution < -0.4 is 10.0 Å². The van der Waals surface area contributed by atoms with Crippen LogP contribution >= 0.6 is 0 Å². The Morgan fingerprint density at radius 2 is 1.92 bits per heavy atom. The van der Waals surface area contributed by atoms with Crippen molar-refractivity contribution >= 4 is 11.9 Å². The molecule has 1 unspecified atom stereocenters. The first-order chi connectivity index (χ1) is 11.7. The molecule has 1 atom stereocenters. The predicted octanol–water partition coefficient (Wildman–Crippen LogP) is 0.656. The molecule has 3 N–H and O–H groups in total. The van der Waals surface area contributed by atoms with E-state index in [9.17, 15) is 25.0 Å². The molecule has 1 aromatic heterocycles. The molecular formula is C17H21N3O5. The molecule has 134 valence electrons. The highest BCUT2D eigenvalue weighted by molar-refractivity contribution is 5.98. The fraction of sp³-hybridized carbons (Fsp3) is 0.353. The van der Waals surface area contributed by atoms with Crippen molar-refractivity contribution in [2.75, 3.05) is 20.6 Å². The van der Waals surface area contributed by atoms with Gasteiger partial charge in [0.1, 0.15) is 0 Å². The normalized spacial score (nSPS) is 17.7. The third kappa shape index (κ3) is 3.97. The van der Waals surface area contributed by atoms with Crippen LogP contribution in [0.3, 0.4) is 0 Å². The summed E-state index contributed by atoms with van der Waals surface area (Å²) in [6, 6.07) is 3.03. The van der Waals surface area contributed by atoms with Crippen molar-refractivity contribution in [2.24, 2.45) is 0 Å². The van der Waals surface area contributed by atoms with E-state index in [1.165, 1.54) is 18.5 Å². The maximum atomic E-state index is 11.9. The van der Waals surface area contributed by atoms with Gasteiger partial charge in [-0.15, -0.1) is 0 Å². The molecule has 25 heavy (non-hydrogen) atoms. The predicted molar refractivity (Wildman–Crippen MR) is 89.4 cm³/mol. The van der Waals surface area contributed by atoms with Crippen LogP contribution in [0.2, 0.25) is 0 Å². The van der Waals surface area contributed by atoms with Crippen molar-refractivity contribution < 1.29 is 24.5 Å². The van der Waals surface area contributed by atoms with Gasteiger partial charge in [-0.3, -0.25) is 0 Å². The molecule has 0 saturated heterocycles. The number of hydrogen-bond acceptors (Lipinski definition) is 5. The number of dihydropyridines is 1. The first-order valence-electron chi connectivity index (χ1n) is 7.73. The maximum absolute atomic E-state index is 11.9. The van der Waals surface area contributed by atoms with Gasteiger partial charge >= 0.3 is 11.9 Å². The van der Waals surface area contributed by atoms with Crippen molar-refractivity contribution in [1.29, 1.82) is 0 Å². The number of carboxylic acids is 2. The summed E-state index contributed by atoms with van der Waals surface area (Å²) in [5, 5.41) is 33.9. The number of nitrogens with one attached hydrogen (secondary N) is 1. The molecule has 1 aromatic rings. The van der Waals surface area contributed by atoms with E-state index in [2.05, 4.69) is 5.32 Å². The zero-order valence-corrected chi connectivity index (χ0v) is 14.3. The Morgan fingerprint density at radius 3 is 2.44 bits per heavy atom. The third-order valence-electron chi connectivity index (χ3n) is 4.05. The SMILES string of the molecule is CC1=C(C(=O)O)C(c2ccc[n+]([O-])c2)C(C(=O)O)=C(CCN(C)C)N1. The molecule has 0 radical (unpaired) electrons. The topological polar surface area (TPSA) is 117 Å². The van der Waals surface area contributed by atoms with Gasteiger partial charge < -0.3 is 25.6 Å². The Bertz CT molecular complexity index is 767. The molecule has 2 heterocycles. The fourth-order valence-electron chi connectivity index (χ4n) is 2.94. The number of aliphatic carboxylic acids is 2. The number of rotatable bonds is 6. The number of hydrogen-bond donors (Lipinski definition) is 3. The van der Waals surface area contributed by atoms with Crippen molar-refractivity contribution in [3.05, 3.63) is 57.8 Å². The van der Waals surface area contributed by atoms with E-state index in [0.29, 0.717) is 34.7 Å². The quantitative estimate of drug-likeness (QED) is 0.511. The smallest absolute Gasteiger partial charge is 0.334 e. The Hall–Kier alpha value is -2.87. The van der Waals surface area contributed by atoms with Gasteiger partial charge in [0, 0.05) is 36.0 Å². The number of carboxylic acid groups (broad SMARTS) is 2. The Balaban J connectivity index is 2.64. The summed E-state index contributed by atoms with van der Waals surface area (Å²) in [5.41, 5.74) is 1.04. The summed E-state index contributed by atoms with van der Waals surface area (Å²) in [6.45, 7) is 2.19. The van der Waals surface area contributed by atoms with E-state index in [4.69, 9.17) is 0 Å². The highest BCUT2D eigenvalue weighted by Crippen LogP contribution is 2.38. The molecule has 0 aliphatic carbocycles. The summed E-state index contributed by atoms with van der Waals surface area (Å²) >= 11 is 0. The van der Waals surface area contributed by atoms with Gasteiger partial charge in [-0.05, 0) is 27.1 Å².